The van der Waals surface area contributed by atoms with Crippen LogP contribution < -0.4 is 5.56 Å². The maximum Gasteiger partial charge on any atom is 0.255 e. The first-order chi connectivity index (χ1) is 14.0. The largest absolute Gasteiger partial charge is 0.342 e. The summed E-state index contributed by atoms with van der Waals surface area (Å²) in [4.78, 5) is 47.4. The molecule has 1 spiro atoms. The number of hydrogen-bond donors (Lipinski definition) is 1. The van der Waals surface area contributed by atoms with Crippen LogP contribution in [0.2, 0.25) is 0 Å². The molecule has 7 heteroatoms. The smallest absolute Gasteiger partial charge is 0.255 e. The van der Waals surface area contributed by atoms with E-state index in [1.54, 1.807) is 12.3 Å². The number of nitrogens with one attached hydrogen (secondary N) is 1. The van der Waals surface area contributed by atoms with E-state index in [1.807, 2.05) is 28.0 Å². The Morgan fingerprint density at radius 3 is 2.79 bits per heavy atom. The third kappa shape index (κ3) is 4.39. The normalized spacial score (nSPS) is 22.1. The third-order valence-corrected chi connectivity index (χ3v) is 6.09. The third-order valence-electron chi connectivity index (χ3n) is 6.09. The summed E-state index contributed by atoms with van der Waals surface area (Å²) >= 11 is 0. The maximum atomic E-state index is 12.9. The number of aromatic nitrogens is 2. The average molecular weight is 394 g/mol. The highest BCUT2D eigenvalue weighted by atomic mass is 16.2. The first-order valence-corrected chi connectivity index (χ1v) is 10.2. The van der Waals surface area contributed by atoms with Gasteiger partial charge in [-0.15, -0.1) is 0 Å². The van der Waals surface area contributed by atoms with Gasteiger partial charge in [0.05, 0.1) is 5.56 Å². The standard InChI is InChI=1S/C22H26N4O3/c27-19-6-5-17(14-24-19)21(29)26-12-3-9-22(16-26)10-7-20(28)25(15-22)13-8-18-4-1-2-11-23-18/h1-2,4-6,11,14H,3,7-10,12-13,15-16H2,(H,24,27). The molecule has 2 amide bonds. The molecule has 29 heavy (non-hydrogen) atoms. The Morgan fingerprint density at radius 1 is 1.14 bits per heavy atom. The van der Waals surface area contributed by atoms with Crippen molar-refractivity contribution in [2.24, 2.45) is 5.41 Å². The van der Waals surface area contributed by atoms with Gasteiger partial charge in [0.25, 0.3) is 5.91 Å². The van der Waals surface area contributed by atoms with Gasteiger partial charge in [0.15, 0.2) is 0 Å². The fourth-order valence-corrected chi connectivity index (χ4v) is 4.54. The Labute approximate surface area is 169 Å². The number of nitrogens with zero attached hydrogens (tertiary/aromatic N) is 3. The number of carbonyl (C=O) groups excluding carboxylic acids is 2. The SMILES string of the molecule is O=C1CCC2(CCCN(C(=O)c3ccc(=O)[nH]c3)C2)CN1CCc1ccccn1. The highest BCUT2D eigenvalue weighted by Crippen LogP contribution is 2.39. The second-order valence-corrected chi connectivity index (χ2v) is 8.16. The van der Waals surface area contributed by atoms with E-state index < -0.39 is 0 Å². The zero-order valence-electron chi connectivity index (χ0n) is 16.5. The zero-order valence-corrected chi connectivity index (χ0v) is 16.5. The fourth-order valence-electron chi connectivity index (χ4n) is 4.54. The van der Waals surface area contributed by atoms with Crippen molar-refractivity contribution in [3.8, 4) is 0 Å². The van der Waals surface area contributed by atoms with Gasteiger partial charge in [0, 0.05) is 68.6 Å². The topological polar surface area (TPSA) is 86.4 Å². The van der Waals surface area contributed by atoms with Crippen LogP contribution in [0.15, 0.2) is 47.5 Å². The van der Waals surface area contributed by atoms with Gasteiger partial charge in [-0.25, -0.2) is 0 Å². The summed E-state index contributed by atoms with van der Waals surface area (Å²) in [6.45, 7) is 2.71. The van der Waals surface area contributed by atoms with Crippen molar-refractivity contribution in [3.05, 3.63) is 64.3 Å². The lowest BCUT2D eigenvalue weighted by atomic mass is 9.73. The van der Waals surface area contributed by atoms with Crippen molar-refractivity contribution >= 4 is 11.8 Å². The Hall–Kier alpha value is -2.96. The molecule has 1 unspecified atom stereocenters. The summed E-state index contributed by atoms with van der Waals surface area (Å²) in [6.07, 6.45) is 7.30. The van der Waals surface area contributed by atoms with E-state index in [0.29, 0.717) is 38.2 Å². The van der Waals surface area contributed by atoms with Gasteiger partial charge >= 0.3 is 0 Å². The minimum atomic E-state index is -0.217. The zero-order chi connectivity index (χ0) is 20.3. The molecule has 0 bridgehead atoms. The fraction of sp³-hybridized carbons (Fsp3) is 0.455. The summed E-state index contributed by atoms with van der Waals surface area (Å²) in [5.74, 6) is 0.132. The maximum absolute atomic E-state index is 12.9. The molecule has 0 aromatic carbocycles. The molecule has 0 aliphatic carbocycles. The molecule has 2 fully saturated rings. The number of aromatic amines is 1. The second kappa shape index (κ2) is 8.19. The minimum absolute atomic E-state index is 0.0475. The average Bonchev–Trinajstić information content (AvgIpc) is 2.75. The number of H-pyrrole nitrogens is 1. The molecule has 4 heterocycles. The number of hydrogen-bond acceptors (Lipinski definition) is 4. The molecule has 152 valence electrons. The van der Waals surface area contributed by atoms with Gasteiger partial charge in [-0.1, -0.05) is 6.07 Å². The van der Waals surface area contributed by atoms with Gasteiger partial charge < -0.3 is 14.8 Å². The lowest BCUT2D eigenvalue weighted by Gasteiger charge is -2.48. The number of likely N-dealkylation sites (tertiary alicyclic amines) is 2. The van der Waals surface area contributed by atoms with E-state index in [2.05, 4.69) is 9.97 Å². The summed E-state index contributed by atoms with van der Waals surface area (Å²) in [7, 11) is 0. The van der Waals surface area contributed by atoms with Crippen molar-refractivity contribution in [1.29, 1.82) is 0 Å². The van der Waals surface area contributed by atoms with Crippen molar-refractivity contribution < 1.29 is 9.59 Å². The van der Waals surface area contributed by atoms with Gasteiger partial charge in [-0.05, 0) is 37.5 Å². The number of piperidine rings is 2. The Bertz CT molecular complexity index is 922. The van der Waals surface area contributed by atoms with E-state index in [-0.39, 0.29) is 22.8 Å². The predicted molar refractivity (Wildman–Crippen MR) is 108 cm³/mol. The Balaban J connectivity index is 1.43. The number of amides is 2. The molecule has 4 rings (SSSR count). The van der Waals surface area contributed by atoms with E-state index >= 15 is 0 Å². The van der Waals surface area contributed by atoms with Gasteiger partial charge in [-0.3, -0.25) is 19.4 Å². The first kappa shape index (κ1) is 19.4. The van der Waals surface area contributed by atoms with Crippen LogP contribution in [0.1, 0.15) is 41.7 Å². The number of rotatable bonds is 4. The molecule has 1 N–H and O–H groups in total. The van der Waals surface area contributed by atoms with Crippen molar-refractivity contribution in [3.63, 3.8) is 0 Å². The van der Waals surface area contributed by atoms with E-state index in [1.165, 1.54) is 12.3 Å². The summed E-state index contributed by atoms with van der Waals surface area (Å²) < 4.78 is 0. The highest BCUT2D eigenvalue weighted by Gasteiger charge is 2.42. The van der Waals surface area contributed by atoms with Crippen LogP contribution in [0.3, 0.4) is 0 Å². The minimum Gasteiger partial charge on any atom is -0.342 e. The van der Waals surface area contributed by atoms with Crippen molar-refractivity contribution in [1.82, 2.24) is 19.8 Å². The second-order valence-electron chi connectivity index (χ2n) is 8.16. The van der Waals surface area contributed by atoms with E-state index in [0.717, 1.165) is 31.4 Å². The highest BCUT2D eigenvalue weighted by molar-refractivity contribution is 5.94. The molecule has 2 aliphatic rings. The van der Waals surface area contributed by atoms with Crippen LogP contribution in [0.4, 0.5) is 0 Å². The molecule has 0 radical (unpaired) electrons. The summed E-state index contributed by atoms with van der Waals surface area (Å²) in [5.41, 5.74) is 1.22. The molecule has 0 saturated carbocycles. The van der Waals surface area contributed by atoms with Crippen LogP contribution in [0.5, 0.6) is 0 Å². The molecule has 2 aromatic heterocycles. The van der Waals surface area contributed by atoms with Crippen molar-refractivity contribution in [2.45, 2.75) is 32.1 Å². The molecule has 2 aliphatic heterocycles. The van der Waals surface area contributed by atoms with Crippen LogP contribution in [0, 0.1) is 5.41 Å². The lowest BCUT2D eigenvalue weighted by molar-refractivity contribution is -0.138. The summed E-state index contributed by atoms with van der Waals surface area (Å²) in [5, 5.41) is 0. The Kier molecular flexibility index (Phi) is 5.47. The summed E-state index contributed by atoms with van der Waals surface area (Å²) in [6, 6.07) is 8.79. The predicted octanol–water partition coefficient (Wildman–Crippen LogP) is 1.86. The van der Waals surface area contributed by atoms with Crippen LogP contribution >= 0.6 is 0 Å². The molecule has 1 atom stereocenters. The number of carbonyl (C=O) groups is 2. The molecular weight excluding hydrogens is 368 g/mol. The molecule has 7 nitrogen and oxygen atoms in total. The lowest BCUT2D eigenvalue weighted by Crippen LogP contribution is -2.55. The monoisotopic (exact) mass is 394 g/mol. The van der Waals surface area contributed by atoms with Crippen molar-refractivity contribution in [2.75, 3.05) is 26.2 Å². The first-order valence-electron chi connectivity index (χ1n) is 10.2. The van der Waals surface area contributed by atoms with Gasteiger partial charge in [0.1, 0.15) is 0 Å². The molecule has 2 aromatic rings. The van der Waals surface area contributed by atoms with Gasteiger partial charge in [0.2, 0.25) is 11.5 Å². The number of pyridine rings is 2. The molecular formula is C22H26N4O3. The van der Waals surface area contributed by atoms with Crippen LogP contribution in [0.25, 0.3) is 0 Å². The van der Waals surface area contributed by atoms with Gasteiger partial charge in [-0.2, -0.15) is 0 Å². The van der Waals surface area contributed by atoms with Crippen LogP contribution in [-0.4, -0.2) is 57.8 Å². The Morgan fingerprint density at radius 2 is 2.03 bits per heavy atom. The molecule has 2 saturated heterocycles. The van der Waals surface area contributed by atoms with E-state index in [4.69, 9.17) is 0 Å². The van der Waals surface area contributed by atoms with E-state index in [9.17, 15) is 14.4 Å². The van der Waals surface area contributed by atoms with Crippen LogP contribution in [-0.2, 0) is 11.2 Å². The quantitative estimate of drug-likeness (QED) is 0.858.